The molecule has 1 atom stereocenters. The quantitative estimate of drug-likeness (QED) is 0.706. The monoisotopic (exact) mass is 212 g/mol. The largest absolute Gasteiger partial charge is 0.480 e. The SMILES string of the molecule is O=C(O)C1(N2CCCC2)CCCNCC1. The van der Waals surface area contributed by atoms with E-state index >= 15 is 0 Å². The maximum absolute atomic E-state index is 11.5. The van der Waals surface area contributed by atoms with Crippen molar-refractivity contribution in [2.45, 2.75) is 37.6 Å². The van der Waals surface area contributed by atoms with Crippen LogP contribution in [-0.4, -0.2) is 47.7 Å². The average molecular weight is 212 g/mol. The summed E-state index contributed by atoms with van der Waals surface area (Å²) in [5.41, 5.74) is -0.569. The first-order valence-corrected chi connectivity index (χ1v) is 5.95. The fourth-order valence-electron chi connectivity index (χ4n) is 2.86. The molecule has 0 aliphatic carbocycles. The van der Waals surface area contributed by atoms with E-state index in [4.69, 9.17) is 0 Å². The number of carboxylic acids is 1. The van der Waals surface area contributed by atoms with Gasteiger partial charge in [0.1, 0.15) is 5.54 Å². The predicted octanol–water partition coefficient (Wildman–Crippen LogP) is 0.679. The molecule has 15 heavy (non-hydrogen) atoms. The Morgan fingerprint density at radius 2 is 1.87 bits per heavy atom. The van der Waals surface area contributed by atoms with E-state index in [1.165, 1.54) is 0 Å². The summed E-state index contributed by atoms with van der Waals surface area (Å²) in [6.07, 6.45) is 4.84. The lowest BCUT2D eigenvalue weighted by atomic mass is 9.89. The van der Waals surface area contributed by atoms with Crippen molar-refractivity contribution in [1.82, 2.24) is 10.2 Å². The smallest absolute Gasteiger partial charge is 0.324 e. The summed E-state index contributed by atoms with van der Waals surface area (Å²) >= 11 is 0. The van der Waals surface area contributed by atoms with Gasteiger partial charge in [0.2, 0.25) is 0 Å². The van der Waals surface area contributed by atoms with Crippen molar-refractivity contribution in [3.05, 3.63) is 0 Å². The van der Waals surface area contributed by atoms with Gasteiger partial charge >= 0.3 is 5.97 Å². The highest BCUT2D eigenvalue weighted by atomic mass is 16.4. The van der Waals surface area contributed by atoms with Crippen LogP contribution >= 0.6 is 0 Å². The third-order valence-electron chi connectivity index (χ3n) is 3.77. The van der Waals surface area contributed by atoms with Gasteiger partial charge in [-0.25, -0.2) is 0 Å². The first-order chi connectivity index (χ1) is 7.26. The lowest BCUT2D eigenvalue weighted by Gasteiger charge is -2.37. The van der Waals surface area contributed by atoms with Crippen molar-refractivity contribution < 1.29 is 9.90 Å². The van der Waals surface area contributed by atoms with Crippen LogP contribution < -0.4 is 5.32 Å². The third kappa shape index (κ3) is 2.01. The van der Waals surface area contributed by atoms with Crippen molar-refractivity contribution in [3.8, 4) is 0 Å². The zero-order valence-electron chi connectivity index (χ0n) is 9.17. The van der Waals surface area contributed by atoms with Crippen LogP contribution in [0.3, 0.4) is 0 Å². The molecule has 86 valence electrons. The Balaban J connectivity index is 2.16. The molecule has 0 amide bonds. The van der Waals surface area contributed by atoms with Crippen molar-refractivity contribution in [3.63, 3.8) is 0 Å². The zero-order chi connectivity index (χ0) is 10.7. The minimum absolute atomic E-state index is 0.569. The lowest BCUT2D eigenvalue weighted by Crippen LogP contribution is -2.53. The summed E-state index contributed by atoms with van der Waals surface area (Å²) in [7, 11) is 0. The standard InChI is InChI=1S/C11H20N2O2/c14-10(15)11(13-8-1-2-9-13)4-3-6-12-7-5-11/h12H,1-9H2,(H,14,15). The second-order valence-electron chi connectivity index (χ2n) is 4.63. The van der Waals surface area contributed by atoms with Gasteiger partial charge < -0.3 is 10.4 Å². The van der Waals surface area contributed by atoms with E-state index in [-0.39, 0.29) is 0 Å². The van der Waals surface area contributed by atoms with Crippen LogP contribution in [0.4, 0.5) is 0 Å². The number of carbonyl (C=O) groups is 1. The second kappa shape index (κ2) is 4.49. The first-order valence-electron chi connectivity index (χ1n) is 5.95. The highest BCUT2D eigenvalue weighted by molar-refractivity contribution is 5.79. The highest BCUT2D eigenvalue weighted by Crippen LogP contribution is 2.30. The summed E-state index contributed by atoms with van der Waals surface area (Å²) in [6, 6.07) is 0. The fraction of sp³-hybridized carbons (Fsp3) is 0.909. The molecule has 2 N–H and O–H groups in total. The molecule has 2 heterocycles. The molecule has 0 aromatic rings. The maximum atomic E-state index is 11.5. The third-order valence-corrected chi connectivity index (χ3v) is 3.77. The van der Waals surface area contributed by atoms with Crippen LogP contribution in [0.1, 0.15) is 32.1 Å². The molecule has 2 aliphatic heterocycles. The van der Waals surface area contributed by atoms with Gasteiger partial charge in [-0.15, -0.1) is 0 Å². The van der Waals surface area contributed by atoms with Gasteiger partial charge in [-0.3, -0.25) is 9.69 Å². The molecule has 0 spiro atoms. The lowest BCUT2D eigenvalue weighted by molar-refractivity contribution is -0.151. The number of hydrogen-bond donors (Lipinski definition) is 2. The van der Waals surface area contributed by atoms with Crippen molar-refractivity contribution >= 4 is 5.97 Å². The number of likely N-dealkylation sites (tertiary alicyclic amines) is 1. The molecule has 0 aromatic carbocycles. The molecule has 2 rings (SSSR count). The number of nitrogens with zero attached hydrogens (tertiary/aromatic N) is 1. The predicted molar refractivity (Wildman–Crippen MR) is 57.9 cm³/mol. The Morgan fingerprint density at radius 3 is 2.53 bits per heavy atom. The van der Waals surface area contributed by atoms with Crippen LogP contribution in [0.2, 0.25) is 0 Å². The Hall–Kier alpha value is -0.610. The van der Waals surface area contributed by atoms with Gasteiger partial charge in [0.15, 0.2) is 0 Å². The van der Waals surface area contributed by atoms with E-state index in [1.54, 1.807) is 0 Å². The maximum Gasteiger partial charge on any atom is 0.324 e. The van der Waals surface area contributed by atoms with Crippen molar-refractivity contribution in [1.29, 1.82) is 0 Å². The zero-order valence-corrected chi connectivity index (χ0v) is 9.17. The number of aliphatic carboxylic acids is 1. The molecule has 0 saturated carbocycles. The first kappa shape index (κ1) is 10.9. The molecule has 0 aromatic heterocycles. The van der Waals surface area contributed by atoms with Gasteiger partial charge in [0, 0.05) is 0 Å². The minimum Gasteiger partial charge on any atom is -0.480 e. The number of nitrogens with one attached hydrogen (secondary N) is 1. The average Bonchev–Trinajstić information content (AvgIpc) is 2.63. The molecule has 0 radical (unpaired) electrons. The minimum atomic E-state index is -0.617. The van der Waals surface area contributed by atoms with Gasteiger partial charge in [-0.2, -0.15) is 0 Å². The number of carboxylic acid groups (broad SMARTS) is 1. The Kier molecular flexibility index (Phi) is 3.26. The Morgan fingerprint density at radius 1 is 1.13 bits per heavy atom. The van der Waals surface area contributed by atoms with E-state index in [0.29, 0.717) is 0 Å². The molecular weight excluding hydrogens is 192 g/mol. The van der Waals surface area contributed by atoms with E-state index in [9.17, 15) is 9.90 Å². The fourth-order valence-corrected chi connectivity index (χ4v) is 2.86. The van der Waals surface area contributed by atoms with Crippen molar-refractivity contribution in [2.24, 2.45) is 0 Å². The van der Waals surface area contributed by atoms with Crippen LogP contribution in [0.5, 0.6) is 0 Å². The summed E-state index contributed by atoms with van der Waals surface area (Å²) in [4.78, 5) is 13.7. The Bertz CT molecular complexity index is 229. The molecular formula is C11H20N2O2. The normalized spacial score (nSPS) is 33.9. The van der Waals surface area contributed by atoms with E-state index < -0.39 is 11.5 Å². The van der Waals surface area contributed by atoms with Gasteiger partial charge in [-0.1, -0.05) is 0 Å². The highest BCUT2D eigenvalue weighted by Gasteiger charge is 2.44. The van der Waals surface area contributed by atoms with E-state index in [2.05, 4.69) is 10.2 Å². The second-order valence-corrected chi connectivity index (χ2v) is 4.63. The molecule has 1 unspecified atom stereocenters. The van der Waals surface area contributed by atoms with Crippen LogP contribution in [0, 0.1) is 0 Å². The molecule has 4 heteroatoms. The molecule has 2 fully saturated rings. The molecule has 2 saturated heterocycles. The van der Waals surface area contributed by atoms with Gasteiger partial charge in [0.25, 0.3) is 0 Å². The topological polar surface area (TPSA) is 52.6 Å². The van der Waals surface area contributed by atoms with E-state index in [1.807, 2.05) is 0 Å². The van der Waals surface area contributed by atoms with Gasteiger partial charge in [-0.05, 0) is 58.3 Å². The molecule has 0 bridgehead atoms. The Labute approximate surface area is 90.6 Å². The molecule has 2 aliphatic rings. The summed E-state index contributed by atoms with van der Waals surface area (Å²) < 4.78 is 0. The summed E-state index contributed by atoms with van der Waals surface area (Å²) in [5, 5.41) is 12.8. The summed E-state index contributed by atoms with van der Waals surface area (Å²) in [6.45, 7) is 3.73. The van der Waals surface area contributed by atoms with Crippen molar-refractivity contribution in [2.75, 3.05) is 26.2 Å². The van der Waals surface area contributed by atoms with E-state index in [0.717, 1.165) is 58.3 Å². The number of hydrogen-bond acceptors (Lipinski definition) is 3. The van der Waals surface area contributed by atoms with Crippen LogP contribution in [0.25, 0.3) is 0 Å². The van der Waals surface area contributed by atoms with Crippen LogP contribution in [0.15, 0.2) is 0 Å². The summed E-state index contributed by atoms with van der Waals surface area (Å²) in [5.74, 6) is -0.617. The molecule has 4 nitrogen and oxygen atoms in total. The number of rotatable bonds is 2. The van der Waals surface area contributed by atoms with Crippen LogP contribution in [-0.2, 0) is 4.79 Å². The van der Waals surface area contributed by atoms with Gasteiger partial charge in [0.05, 0.1) is 0 Å².